The van der Waals surface area contributed by atoms with Crippen LogP contribution in [-0.4, -0.2) is 23.5 Å². The number of carbonyl (C=O) groups excluding carboxylic acids is 1. The van der Waals surface area contributed by atoms with Crippen LogP contribution < -0.4 is 10.5 Å². The zero-order chi connectivity index (χ0) is 27.6. The summed E-state index contributed by atoms with van der Waals surface area (Å²) < 4.78 is 19.8. The van der Waals surface area contributed by atoms with Gasteiger partial charge in [0.2, 0.25) is 0 Å². The Balaban J connectivity index is 1.63. The van der Waals surface area contributed by atoms with E-state index in [-0.39, 0.29) is 35.1 Å². The van der Waals surface area contributed by atoms with E-state index in [0.717, 1.165) is 22.4 Å². The molecule has 0 unspecified atom stereocenters. The minimum Gasteiger partial charge on any atom is -0.489 e. The van der Waals surface area contributed by atoms with Crippen LogP contribution >= 0.6 is 23.2 Å². The molecule has 0 saturated heterocycles. The number of carbonyl (C=O) groups is 2. The molecular formula is C30H24Cl2FNO4. The van der Waals surface area contributed by atoms with Crippen LogP contribution in [0.2, 0.25) is 10.0 Å². The number of carboxylic acid groups (broad SMARTS) is 1. The molecule has 0 spiro atoms. The summed E-state index contributed by atoms with van der Waals surface area (Å²) in [5.74, 6) is -2.09. The van der Waals surface area contributed by atoms with E-state index < -0.39 is 11.8 Å². The van der Waals surface area contributed by atoms with E-state index >= 15 is 0 Å². The molecule has 0 aromatic heterocycles. The first-order valence-electron chi connectivity index (χ1n) is 11.7. The highest BCUT2D eigenvalue weighted by molar-refractivity contribution is 6.37. The van der Waals surface area contributed by atoms with E-state index in [1.54, 1.807) is 38.1 Å². The van der Waals surface area contributed by atoms with Crippen molar-refractivity contribution in [1.82, 2.24) is 0 Å². The molecule has 0 saturated carbocycles. The Morgan fingerprint density at radius 1 is 0.921 bits per heavy atom. The monoisotopic (exact) mass is 551 g/mol. The van der Waals surface area contributed by atoms with Gasteiger partial charge >= 0.3 is 5.97 Å². The molecule has 0 aliphatic heterocycles. The smallest absolute Gasteiger partial charge is 0.338 e. The number of ketones is 1. The minimum atomic E-state index is -1.33. The standard InChI is InChI=1S/C30H24Cl2FNO4/c1-16(2)29(35)23(28(34)27-24(31)4-3-5-25(27)32)15-38-21-10-8-18-12-17(6-7-19(18)13-21)20-9-11-26(33)22(14-20)30(36)37/h3-14,16H,15,34H2,1-2H3,(H,36,37)/b28-23-. The van der Waals surface area contributed by atoms with Crippen LogP contribution in [0.1, 0.15) is 29.8 Å². The van der Waals surface area contributed by atoms with Gasteiger partial charge in [0.25, 0.3) is 0 Å². The van der Waals surface area contributed by atoms with Crippen LogP contribution in [0.5, 0.6) is 5.75 Å². The van der Waals surface area contributed by atoms with Crippen molar-refractivity contribution in [2.45, 2.75) is 13.8 Å². The van der Waals surface area contributed by atoms with E-state index in [2.05, 4.69) is 0 Å². The number of rotatable bonds is 8. The van der Waals surface area contributed by atoms with Gasteiger partial charge in [-0.1, -0.05) is 67.4 Å². The van der Waals surface area contributed by atoms with Crippen molar-refractivity contribution in [3.05, 3.63) is 105 Å². The zero-order valence-electron chi connectivity index (χ0n) is 20.6. The second kappa shape index (κ2) is 11.3. The topological polar surface area (TPSA) is 89.6 Å². The predicted octanol–water partition coefficient (Wildman–Crippen LogP) is 7.62. The lowest BCUT2D eigenvalue weighted by Crippen LogP contribution is -2.21. The number of ether oxygens (including phenoxy) is 1. The van der Waals surface area contributed by atoms with Gasteiger partial charge < -0.3 is 15.6 Å². The average Bonchev–Trinajstić information content (AvgIpc) is 2.88. The zero-order valence-corrected chi connectivity index (χ0v) is 22.1. The van der Waals surface area contributed by atoms with Crippen LogP contribution in [0.4, 0.5) is 4.39 Å². The minimum absolute atomic E-state index is 0.0818. The van der Waals surface area contributed by atoms with Crippen molar-refractivity contribution >= 4 is 51.4 Å². The SMILES string of the molecule is CC(C)C(=O)/C(COc1ccc2cc(-c3ccc(F)c(C(=O)O)c3)ccc2c1)=C(\N)c1c(Cl)cccc1Cl. The van der Waals surface area contributed by atoms with Crippen molar-refractivity contribution in [2.24, 2.45) is 11.7 Å². The molecule has 4 rings (SSSR count). The lowest BCUT2D eigenvalue weighted by molar-refractivity contribution is -0.118. The third-order valence-corrected chi connectivity index (χ3v) is 6.73. The molecule has 5 nitrogen and oxygen atoms in total. The fourth-order valence-corrected chi connectivity index (χ4v) is 4.65. The van der Waals surface area contributed by atoms with E-state index in [1.807, 2.05) is 30.3 Å². The number of aromatic carboxylic acids is 1. The van der Waals surface area contributed by atoms with E-state index in [9.17, 15) is 19.1 Å². The Labute approximate surface area is 229 Å². The second-order valence-electron chi connectivity index (χ2n) is 9.02. The summed E-state index contributed by atoms with van der Waals surface area (Å²) in [5, 5.41) is 11.6. The molecule has 0 fully saturated rings. The van der Waals surface area contributed by atoms with Crippen molar-refractivity contribution in [3.8, 4) is 16.9 Å². The normalized spacial score (nSPS) is 11.9. The largest absolute Gasteiger partial charge is 0.489 e. The molecule has 3 N–H and O–H groups in total. The lowest BCUT2D eigenvalue weighted by atomic mass is 9.97. The van der Waals surface area contributed by atoms with Crippen molar-refractivity contribution < 1.29 is 23.8 Å². The molecule has 0 radical (unpaired) electrons. The molecule has 4 aromatic carbocycles. The molecule has 8 heteroatoms. The van der Waals surface area contributed by atoms with Crippen LogP contribution in [0, 0.1) is 11.7 Å². The van der Waals surface area contributed by atoms with Gasteiger partial charge in [0.15, 0.2) is 5.78 Å². The van der Waals surface area contributed by atoms with Crippen molar-refractivity contribution in [3.63, 3.8) is 0 Å². The number of hydrogen-bond acceptors (Lipinski definition) is 4. The van der Waals surface area contributed by atoms with Crippen molar-refractivity contribution in [2.75, 3.05) is 6.61 Å². The Bertz CT molecular complexity index is 1580. The molecular weight excluding hydrogens is 528 g/mol. The summed E-state index contributed by atoms with van der Waals surface area (Å²) in [6.45, 7) is 3.47. The van der Waals surface area contributed by atoms with Gasteiger partial charge in [-0.2, -0.15) is 0 Å². The summed E-state index contributed by atoms with van der Waals surface area (Å²) in [6, 6.07) is 20.0. The number of Topliss-reactive ketones (excluding diaryl/α,β-unsaturated/α-hetero) is 1. The van der Waals surface area contributed by atoms with Crippen LogP contribution in [0.3, 0.4) is 0 Å². The third kappa shape index (κ3) is 5.67. The Kier molecular flexibility index (Phi) is 8.05. The fraction of sp³-hybridized carbons (Fsp3) is 0.133. The number of fused-ring (bicyclic) bond motifs is 1. The third-order valence-electron chi connectivity index (χ3n) is 6.10. The van der Waals surface area contributed by atoms with Crippen molar-refractivity contribution in [1.29, 1.82) is 0 Å². The highest BCUT2D eigenvalue weighted by Crippen LogP contribution is 2.32. The average molecular weight is 552 g/mol. The van der Waals surface area contributed by atoms with E-state index in [0.29, 0.717) is 26.9 Å². The lowest BCUT2D eigenvalue weighted by Gasteiger charge is -2.16. The fourth-order valence-electron chi connectivity index (χ4n) is 4.05. The molecule has 0 heterocycles. The van der Waals surface area contributed by atoms with Crippen LogP contribution in [-0.2, 0) is 4.79 Å². The number of benzene rings is 4. The summed E-state index contributed by atoms with van der Waals surface area (Å²) in [5.41, 5.74) is 8.17. The first kappa shape index (κ1) is 27.2. The Hall–Kier alpha value is -3.87. The maximum Gasteiger partial charge on any atom is 0.338 e. The quantitative estimate of drug-likeness (QED) is 0.220. The second-order valence-corrected chi connectivity index (χ2v) is 9.83. The Morgan fingerprint density at radius 3 is 2.18 bits per heavy atom. The Morgan fingerprint density at radius 2 is 1.53 bits per heavy atom. The summed E-state index contributed by atoms with van der Waals surface area (Å²) in [7, 11) is 0. The number of carboxylic acids is 1. The molecule has 0 amide bonds. The highest BCUT2D eigenvalue weighted by atomic mass is 35.5. The molecule has 0 aliphatic rings. The molecule has 194 valence electrons. The molecule has 0 aliphatic carbocycles. The molecule has 38 heavy (non-hydrogen) atoms. The first-order chi connectivity index (χ1) is 18.1. The van der Waals surface area contributed by atoms with E-state index in [1.165, 1.54) is 12.1 Å². The van der Waals surface area contributed by atoms with E-state index in [4.69, 9.17) is 33.7 Å². The van der Waals surface area contributed by atoms with Gasteiger partial charge in [-0.25, -0.2) is 9.18 Å². The highest BCUT2D eigenvalue weighted by Gasteiger charge is 2.22. The summed E-state index contributed by atoms with van der Waals surface area (Å²) in [4.78, 5) is 24.3. The maximum atomic E-state index is 13.8. The number of halogens is 3. The summed E-state index contributed by atoms with van der Waals surface area (Å²) in [6.07, 6.45) is 0. The summed E-state index contributed by atoms with van der Waals surface area (Å²) >= 11 is 12.7. The first-order valence-corrected chi connectivity index (χ1v) is 12.5. The molecule has 4 aromatic rings. The van der Waals surface area contributed by atoms with Gasteiger partial charge in [-0.05, 0) is 64.4 Å². The van der Waals surface area contributed by atoms with Crippen LogP contribution in [0.15, 0.2) is 78.4 Å². The van der Waals surface area contributed by atoms with Gasteiger partial charge in [0.1, 0.15) is 18.2 Å². The predicted molar refractivity (Wildman–Crippen MR) is 149 cm³/mol. The maximum absolute atomic E-state index is 13.8. The van der Waals surface area contributed by atoms with Gasteiger partial charge in [0.05, 0.1) is 26.9 Å². The van der Waals surface area contributed by atoms with Gasteiger partial charge in [0, 0.05) is 11.5 Å². The number of nitrogens with two attached hydrogens (primary N) is 1. The molecule has 0 atom stereocenters. The van der Waals surface area contributed by atoms with Gasteiger partial charge in [-0.3, -0.25) is 4.79 Å². The van der Waals surface area contributed by atoms with Gasteiger partial charge in [-0.15, -0.1) is 0 Å². The van der Waals surface area contributed by atoms with Crippen LogP contribution in [0.25, 0.3) is 27.6 Å². The molecule has 0 bridgehead atoms. The number of hydrogen-bond donors (Lipinski definition) is 2.